The number of hydrogen-bond acceptors (Lipinski definition) is 3. The molecule has 2 aromatic rings. The number of aryl methyl sites for hydroxylation is 2. The predicted molar refractivity (Wildman–Crippen MR) is 72.9 cm³/mol. The molecule has 3 nitrogen and oxygen atoms in total. The summed E-state index contributed by atoms with van der Waals surface area (Å²) in [6, 6.07) is 7.94. The molecule has 2 rings (SSSR count). The van der Waals surface area contributed by atoms with E-state index < -0.39 is 0 Å². The van der Waals surface area contributed by atoms with Crippen LogP contribution in [0.15, 0.2) is 24.3 Å². The van der Waals surface area contributed by atoms with E-state index in [0.29, 0.717) is 0 Å². The minimum absolute atomic E-state index is 0.796. The minimum Gasteiger partial charge on any atom is -0.497 e. The number of hydrogen-bond donors (Lipinski definition) is 2. The zero-order valence-corrected chi connectivity index (χ0v) is 10.9. The van der Waals surface area contributed by atoms with Gasteiger partial charge in [-0.2, -0.15) is 12.6 Å². The summed E-state index contributed by atoms with van der Waals surface area (Å²) < 4.78 is 5.22. The first kappa shape index (κ1) is 12.0. The Morgan fingerprint density at radius 3 is 2.94 bits per heavy atom. The molecule has 0 aliphatic heterocycles. The van der Waals surface area contributed by atoms with Crippen LogP contribution in [0.3, 0.4) is 0 Å². The van der Waals surface area contributed by atoms with Gasteiger partial charge in [0.25, 0.3) is 0 Å². The maximum Gasteiger partial charge on any atom is 0.119 e. The molecular formula is C13H16N2OS. The van der Waals surface area contributed by atoms with Gasteiger partial charge in [0.2, 0.25) is 0 Å². The summed E-state index contributed by atoms with van der Waals surface area (Å²) >= 11 is 4.21. The van der Waals surface area contributed by atoms with Gasteiger partial charge in [0.1, 0.15) is 11.6 Å². The van der Waals surface area contributed by atoms with Crippen LogP contribution in [0.2, 0.25) is 0 Å². The van der Waals surface area contributed by atoms with E-state index in [0.717, 1.165) is 40.7 Å². The molecule has 17 heavy (non-hydrogen) atoms. The van der Waals surface area contributed by atoms with Crippen molar-refractivity contribution in [2.75, 3.05) is 12.9 Å². The highest BCUT2D eigenvalue weighted by Crippen LogP contribution is 2.25. The third-order valence-corrected chi connectivity index (χ3v) is 2.85. The summed E-state index contributed by atoms with van der Waals surface area (Å²) in [7, 11) is 1.67. The van der Waals surface area contributed by atoms with E-state index in [1.54, 1.807) is 7.11 Å². The van der Waals surface area contributed by atoms with Crippen LogP contribution in [0.1, 0.15) is 11.5 Å². The van der Waals surface area contributed by atoms with Gasteiger partial charge in [-0.3, -0.25) is 0 Å². The fourth-order valence-corrected chi connectivity index (χ4v) is 2.01. The first-order chi connectivity index (χ1) is 8.24. The monoisotopic (exact) mass is 248 g/mol. The predicted octanol–water partition coefficient (Wildman–Crippen LogP) is 2.87. The number of nitrogens with zero attached hydrogens (tertiary/aromatic N) is 1. The number of ether oxygens (including phenoxy) is 1. The van der Waals surface area contributed by atoms with Gasteiger partial charge in [-0.15, -0.1) is 0 Å². The van der Waals surface area contributed by atoms with Crippen molar-refractivity contribution in [2.24, 2.45) is 0 Å². The SMILES string of the molecule is COc1cccc(-c2nc(CCS)[nH]c2C)c1. The average Bonchev–Trinajstić information content (AvgIpc) is 2.71. The van der Waals surface area contributed by atoms with Crippen molar-refractivity contribution in [1.82, 2.24) is 9.97 Å². The summed E-state index contributed by atoms with van der Waals surface area (Å²) in [5, 5.41) is 0. The molecular weight excluding hydrogens is 232 g/mol. The highest BCUT2D eigenvalue weighted by Gasteiger charge is 2.09. The molecule has 0 amide bonds. The second-order valence-electron chi connectivity index (χ2n) is 3.86. The first-order valence-electron chi connectivity index (χ1n) is 5.55. The van der Waals surface area contributed by atoms with Crippen LogP contribution >= 0.6 is 12.6 Å². The van der Waals surface area contributed by atoms with Crippen LogP contribution in [-0.2, 0) is 6.42 Å². The molecule has 90 valence electrons. The van der Waals surface area contributed by atoms with Gasteiger partial charge >= 0.3 is 0 Å². The smallest absolute Gasteiger partial charge is 0.119 e. The van der Waals surface area contributed by atoms with E-state index in [1.165, 1.54) is 0 Å². The normalized spacial score (nSPS) is 10.5. The highest BCUT2D eigenvalue weighted by molar-refractivity contribution is 7.80. The zero-order valence-electron chi connectivity index (χ0n) is 10.0. The lowest BCUT2D eigenvalue weighted by atomic mass is 10.1. The van der Waals surface area contributed by atoms with Gasteiger partial charge in [-0.1, -0.05) is 12.1 Å². The lowest BCUT2D eigenvalue weighted by molar-refractivity contribution is 0.415. The van der Waals surface area contributed by atoms with E-state index in [2.05, 4.69) is 22.6 Å². The summed E-state index contributed by atoms with van der Waals surface area (Å²) in [6.45, 7) is 2.03. The van der Waals surface area contributed by atoms with E-state index in [1.807, 2.05) is 31.2 Å². The van der Waals surface area contributed by atoms with E-state index in [9.17, 15) is 0 Å². The van der Waals surface area contributed by atoms with Crippen LogP contribution in [-0.4, -0.2) is 22.8 Å². The number of methoxy groups -OCH3 is 1. The molecule has 1 aromatic carbocycles. The maximum atomic E-state index is 5.22. The van der Waals surface area contributed by atoms with E-state index in [-0.39, 0.29) is 0 Å². The Balaban J connectivity index is 2.37. The summed E-state index contributed by atoms with van der Waals surface area (Å²) in [4.78, 5) is 7.87. The van der Waals surface area contributed by atoms with Crippen LogP contribution in [0.5, 0.6) is 5.75 Å². The number of rotatable bonds is 4. The topological polar surface area (TPSA) is 37.9 Å². The number of H-pyrrole nitrogens is 1. The largest absolute Gasteiger partial charge is 0.497 e. The Morgan fingerprint density at radius 2 is 2.24 bits per heavy atom. The van der Waals surface area contributed by atoms with Crippen LogP contribution < -0.4 is 4.74 Å². The van der Waals surface area contributed by atoms with Gasteiger partial charge in [-0.05, 0) is 24.8 Å². The molecule has 4 heteroatoms. The molecule has 0 spiro atoms. The van der Waals surface area contributed by atoms with Crippen LogP contribution in [0.25, 0.3) is 11.3 Å². The highest BCUT2D eigenvalue weighted by atomic mass is 32.1. The van der Waals surface area contributed by atoms with Crippen molar-refractivity contribution in [3.05, 3.63) is 35.8 Å². The van der Waals surface area contributed by atoms with Gasteiger partial charge in [0.05, 0.1) is 12.8 Å². The fraction of sp³-hybridized carbons (Fsp3) is 0.308. The molecule has 1 heterocycles. The molecule has 0 bridgehead atoms. The summed E-state index contributed by atoms with van der Waals surface area (Å²) in [5.74, 6) is 2.63. The molecule has 0 fully saturated rings. The van der Waals surface area contributed by atoms with Crippen molar-refractivity contribution in [3.8, 4) is 17.0 Å². The Hall–Kier alpha value is -1.42. The zero-order chi connectivity index (χ0) is 12.3. The standard InChI is InChI=1S/C13H16N2OS/c1-9-13(15-12(14-9)6-7-17)10-4-3-5-11(8-10)16-2/h3-5,8,17H,6-7H2,1-2H3,(H,14,15). The molecule has 0 unspecified atom stereocenters. The summed E-state index contributed by atoms with van der Waals surface area (Å²) in [6.07, 6.45) is 0.855. The van der Waals surface area contributed by atoms with Crippen molar-refractivity contribution >= 4 is 12.6 Å². The number of aromatic amines is 1. The average molecular weight is 248 g/mol. The number of aromatic nitrogens is 2. The van der Waals surface area contributed by atoms with Crippen LogP contribution in [0, 0.1) is 6.92 Å². The van der Waals surface area contributed by atoms with Crippen molar-refractivity contribution < 1.29 is 4.74 Å². The Bertz CT molecular complexity index is 508. The van der Waals surface area contributed by atoms with Gasteiger partial charge < -0.3 is 9.72 Å². The number of imidazole rings is 1. The second kappa shape index (κ2) is 5.27. The Morgan fingerprint density at radius 1 is 1.41 bits per heavy atom. The van der Waals surface area contributed by atoms with Crippen LogP contribution in [0.4, 0.5) is 0 Å². The first-order valence-corrected chi connectivity index (χ1v) is 6.18. The molecule has 0 atom stereocenters. The molecule has 0 aliphatic rings. The van der Waals surface area contributed by atoms with Crippen molar-refractivity contribution in [3.63, 3.8) is 0 Å². The summed E-state index contributed by atoms with van der Waals surface area (Å²) in [5.41, 5.74) is 3.14. The second-order valence-corrected chi connectivity index (χ2v) is 4.31. The van der Waals surface area contributed by atoms with E-state index in [4.69, 9.17) is 4.74 Å². The quantitative estimate of drug-likeness (QED) is 0.816. The number of thiol groups is 1. The van der Waals surface area contributed by atoms with Gasteiger partial charge in [0, 0.05) is 17.7 Å². The maximum absolute atomic E-state index is 5.22. The van der Waals surface area contributed by atoms with E-state index >= 15 is 0 Å². The Labute approximate surface area is 107 Å². The Kier molecular flexibility index (Phi) is 3.74. The number of nitrogens with one attached hydrogen (secondary N) is 1. The molecule has 1 aromatic heterocycles. The molecule has 1 N–H and O–H groups in total. The third-order valence-electron chi connectivity index (χ3n) is 2.63. The molecule has 0 aliphatic carbocycles. The lowest BCUT2D eigenvalue weighted by Crippen LogP contribution is -1.88. The number of benzene rings is 1. The molecule has 0 saturated carbocycles. The molecule has 0 saturated heterocycles. The third kappa shape index (κ3) is 2.64. The van der Waals surface area contributed by atoms with Crippen molar-refractivity contribution in [1.29, 1.82) is 0 Å². The molecule has 0 radical (unpaired) electrons. The van der Waals surface area contributed by atoms with Gasteiger partial charge in [-0.25, -0.2) is 4.98 Å². The van der Waals surface area contributed by atoms with Gasteiger partial charge in [0.15, 0.2) is 0 Å². The minimum atomic E-state index is 0.796. The fourth-order valence-electron chi connectivity index (χ4n) is 1.80. The lowest BCUT2D eigenvalue weighted by Gasteiger charge is -2.02. The van der Waals surface area contributed by atoms with Crippen molar-refractivity contribution in [2.45, 2.75) is 13.3 Å².